The van der Waals surface area contributed by atoms with Gasteiger partial charge in [0.1, 0.15) is 6.67 Å². The van der Waals surface area contributed by atoms with Crippen LogP contribution in [-0.4, -0.2) is 26.3 Å². The molecule has 0 aliphatic carbocycles. The summed E-state index contributed by atoms with van der Waals surface area (Å²) in [4.78, 5) is 4.42. The summed E-state index contributed by atoms with van der Waals surface area (Å²) in [5.74, 6) is 1.93. The van der Waals surface area contributed by atoms with Gasteiger partial charge in [0.25, 0.3) is 0 Å². The van der Waals surface area contributed by atoms with Crippen molar-refractivity contribution < 1.29 is 0 Å². The molecule has 0 aromatic carbocycles. The molecule has 1 heterocycles. The minimum Gasteiger partial charge on any atom is -0.252 e. The zero-order chi connectivity index (χ0) is 10.9. The van der Waals surface area contributed by atoms with Crippen molar-refractivity contribution in [3.8, 4) is 0 Å². The molecule has 1 aliphatic heterocycles. The van der Waals surface area contributed by atoms with Gasteiger partial charge >= 0.3 is 0 Å². The van der Waals surface area contributed by atoms with Gasteiger partial charge in [-0.25, -0.2) is 0 Å². The van der Waals surface area contributed by atoms with Crippen LogP contribution in [0.15, 0.2) is 30.3 Å². The number of rotatable bonds is 7. The second-order valence-corrected chi connectivity index (χ2v) is 8.44. The standard InChI is InChI=1S/C8H12N2S5/c1-3-5-11-14-8-9-7-10(13-8)15-12-6-4-2/h3-4H,1-2,5-7H2. The molecule has 0 amide bonds. The molecule has 0 bridgehead atoms. The predicted molar refractivity (Wildman–Crippen MR) is 82.2 cm³/mol. The van der Waals surface area contributed by atoms with Crippen molar-refractivity contribution in [2.45, 2.75) is 0 Å². The normalized spacial score (nSPS) is 16.4. The van der Waals surface area contributed by atoms with E-state index in [-0.39, 0.29) is 0 Å². The molecule has 1 rings (SSSR count). The van der Waals surface area contributed by atoms with Crippen LogP contribution in [0.3, 0.4) is 0 Å². The van der Waals surface area contributed by atoms with Gasteiger partial charge in [0, 0.05) is 22.5 Å². The largest absolute Gasteiger partial charge is 0.252 e. The van der Waals surface area contributed by atoms with Crippen molar-refractivity contribution >= 4 is 59.7 Å². The quantitative estimate of drug-likeness (QED) is 0.299. The van der Waals surface area contributed by atoms with Crippen LogP contribution in [-0.2, 0) is 0 Å². The van der Waals surface area contributed by atoms with Crippen LogP contribution in [0.4, 0.5) is 0 Å². The van der Waals surface area contributed by atoms with Crippen molar-refractivity contribution in [3.05, 3.63) is 25.3 Å². The maximum absolute atomic E-state index is 4.42. The Morgan fingerprint density at radius 3 is 2.80 bits per heavy atom. The van der Waals surface area contributed by atoms with Crippen LogP contribution in [0.1, 0.15) is 0 Å². The van der Waals surface area contributed by atoms with Crippen molar-refractivity contribution in [1.29, 1.82) is 0 Å². The van der Waals surface area contributed by atoms with Gasteiger partial charge in [-0.2, -0.15) is 3.71 Å². The van der Waals surface area contributed by atoms with E-state index in [2.05, 4.69) is 21.9 Å². The highest BCUT2D eigenvalue weighted by molar-refractivity contribution is 8.86. The zero-order valence-corrected chi connectivity index (χ0v) is 12.2. The van der Waals surface area contributed by atoms with Crippen LogP contribution in [0, 0.1) is 0 Å². The highest BCUT2D eigenvalue weighted by Gasteiger charge is 2.18. The van der Waals surface area contributed by atoms with Crippen LogP contribution in [0.5, 0.6) is 0 Å². The Morgan fingerprint density at radius 2 is 2.07 bits per heavy atom. The Labute approximate surface area is 111 Å². The second-order valence-electron chi connectivity index (χ2n) is 2.29. The lowest BCUT2D eigenvalue weighted by atomic mass is 10.8. The number of nitrogens with zero attached hydrogens (tertiary/aromatic N) is 2. The van der Waals surface area contributed by atoms with Crippen molar-refractivity contribution in [2.75, 3.05) is 18.2 Å². The maximum Gasteiger partial charge on any atom is 0.152 e. The highest BCUT2D eigenvalue weighted by Crippen LogP contribution is 2.41. The van der Waals surface area contributed by atoms with Gasteiger partial charge in [-0.05, 0) is 22.7 Å². The molecule has 0 N–H and O–H groups in total. The lowest BCUT2D eigenvalue weighted by Gasteiger charge is -2.08. The average Bonchev–Trinajstić information content (AvgIpc) is 2.67. The molecule has 15 heavy (non-hydrogen) atoms. The number of aliphatic imine (C=N–C) groups is 1. The Morgan fingerprint density at radius 1 is 1.33 bits per heavy atom. The minimum atomic E-state index is 0.774. The SMILES string of the molecule is C=CCSSC1=NCN(SSCC=C)S1. The van der Waals surface area contributed by atoms with Gasteiger partial charge < -0.3 is 0 Å². The number of hydrogen-bond donors (Lipinski definition) is 0. The van der Waals surface area contributed by atoms with Gasteiger partial charge in [0.05, 0.1) is 0 Å². The zero-order valence-electron chi connectivity index (χ0n) is 8.13. The summed E-state index contributed by atoms with van der Waals surface area (Å²) in [6, 6.07) is 0. The van der Waals surface area contributed by atoms with Crippen molar-refractivity contribution in [3.63, 3.8) is 0 Å². The number of hydrogen-bond acceptors (Lipinski definition) is 7. The van der Waals surface area contributed by atoms with Crippen molar-refractivity contribution in [2.24, 2.45) is 4.99 Å². The molecule has 0 radical (unpaired) electrons. The Bertz CT molecular complexity index is 243. The smallest absolute Gasteiger partial charge is 0.152 e. The molecule has 0 fully saturated rings. The van der Waals surface area contributed by atoms with Crippen LogP contribution in [0.2, 0.25) is 0 Å². The summed E-state index contributed by atoms with van der Waals surface area (Å²) in [5.41, 5.74) is 0. The van der Waals surface area contributed by atoms with Crippen LogP contribution < -0.4 is 0 Å². The molecule has 0 saturated heterocycles. The molecule has 0 unspecified atom stereocenters. The summed E-state index contributed by atoms with van der Waals surface area (Å²) in [5, 5.41) is 0. The lowest BCUT2D eigenvalue weighted by molar-refractivity contribution is 0.792. The highest BCUT2D eigenvalue weighted by atomic mass is 33.1. The molecule has 0 aromatic heterocycles. The summed E-state index contributed by atoms with van der Waals surface area (Å²) in [6.45, 7) is 8.14. The van der Waals surface area contributed by atoms with E-state index >= 15 is 0 Å². The van der Waals surface area contributed by atoms with E-state index in [1.165, 1.54) is 0 Å². The summed E-state index contributed by atoms with van der Waals surface area (Å²) in [6.07, 6.45) is 3.82. The van der Waals surface area contributed by atoms with Crippen LogP contribution >= 0.6 is 55.3 Å². The molecule has 0 spiro atoms. The Kier molecular flexibility index (Phi) is 8.31. The Hall–Kier alpha value is 0.860. The topological polar surface area (TPSA) is 15.6 Å². The third-order valence-electron chi connectivity index (χ3n) is 1.13. The Balaban J connectivity index is 2.08. The van der Waals surface area contributed by atoms with Gasteiger partial charge in [-0.15, -0.1) is 13.2 Å². The molecule has 1 aliphatic rings. The van der Waals surface area contributed by atoms with E-state index in [4.69, 9.17) is 0 Å². The molecule has 2 nitrogen and oxygen atoms in total. The van der Waals surface area contributed by atoms with E-state index in [1.54, 1.807) is 55.3 Å². The first-order chi connectivity index (χ1) is 7.36. The molecule has 0 atom stereocenters. The molecular weight excluding hydrogens is 284 g/mol. The third-order valence-corrected chi connectivity index (χ3v) is 7.28. The van der Waals surface area contributed by atoms with Gasteiger partial charge in [0.2, 0.25) is 0 Å². The molecule has 84 valence electrons. The minimum absolute atomic E-state index is 0.774. The summed E-state index contributed by atoms with van der Waals surface area (Å²) < 4.78 is 3.30. The first-order valence-corrected chi connectivity index (χ1v) is 9.54. The molecule has 0 saturated carbocycles. The molecule has 7 heteroatoms. The average molecular weight is 297 g/mol. The molecule has 0 aromatic rings. The van der Waals surface area contributed by atoms with Gasteiger partial charge in [-0.1, -0.05) is 33.7 Å². The maximum atomic E-state index is 4.42. The third kappa shape index (κ3) is 6.23. The monoisotopic (exact) mass is 296 g/mol. The van der Waals surface area contributed by atoms with Gasteiger partial charge in [-0.3, -0.25) is 4.99 Å². The fourth-order valence-electron chi connectivity index (χ4n) is 0.611. The van der Waals surface area contributed by atoms with Crippen LogP contribution in [0.25, 0.3) is 0 Å². The van der Waals surface area contributed by atoms with E-state index < -0.39 is 0 Å². The first kappa shape index (κ1) is 13.9. The van der Waals surface area contributed by atoms with E-state index in [1.807, 2.05) is 12.2 Å². The fourth-order valence-corrected chi connectivity index (χ4v) is 5.92. The van der Waals surface area contributed by atoms with E-state index in [0.29, 0.717) is 0 Å². The second kappa shape index (κ2) is 8.95. The van der Waals surface area contributed by atoms with Crippen molar-refractivity contribution in [1.82, 2.24) is 3.71 Å². The van der Waals surface area contributed by atoms with E-state index in [0.717, 1.165) is 22.6 Å². The summed E-state index contributed by atoms with van der Waals surface area (Å²) in [7, 11) is 7.01. The predicted octanol–water partition coefficient (Wildman–Crippen LogP) is 4.31. The molecular formula is C8H12N2S5. The van der Waals surface area contributed by atoms with Gasteiger partial charge in [0.15, 0.2) is 4.38 Å². The lowest BCUT2D eigenvalue weighted by Crippen LogP contribution is -1.98. The van der Waals surface area contributed by atoms with E-state index in [9.17, 15) is 0 Å². The first-order valence-electron chi connectivity index (χ1n) is 4.17. The fraction of sp³-hybridized carbons (Fsp3) is 0.375. The summed E-state index contributed by atoms with van der Waals surface area (Å²) >= 11 is 1.71.